The van der Waals surface area contributed by atoms with Gasteiger partial charge in [0.15, 0.2) is 0 Å². The molecule has 4 rings (SSSR count). The molecule has 0 bridgehead atoms. The minimum atomic E-state index is 0.0138. The molecule has 1 heterocycles. The molecular formula is C21H22S2. The maximum Gasteiger partial charge on any atom is 0.0984 e. The van der Waals surface area contributed by atoms with E-state index in [0.29, 0.717) is 0 Å². The van der Waals surface area contributed by atoms with Crippen LogP contribution in [0.15, 0.2) is 71.1 Å². The molecule has 0 nitrogen and oxygen atoms in total. The van der Waals surface area contributed by atoms with Gasteiger partial charge in [-0.2, -0.15) is 0 Å². The molecule has 1 aliphatic carbocycles. The molecule has 0 saturated heterocycles. The first-order chi connectivity index (χ1) is 11.4. The van der Waals surface area contributed by atoms with Gasteiger partial charge < -0.3 is 0 Å². The molecule has 0 unspecified atom stereocenters. The Morgan fingerprint density at radius 3 is 1.83 bits per heavy atom. The topological polar surface area (TPSA) is 0 Å². The molecule has 0 radical (unpaired) electrons. The van der Waals surface area contributed by atoms with Crippen LogP contribution < -0.4 is 0 Å². The zero-order chi connectivity index (χ0) is 15.5. The quantitative estimate of drug-likeness (QED) is 0.544. The average molecular weight is 339 g/mol. The monoisotopic (exact) mass is 338 g/mol. The summed E-state index contributed by atoms with van der Waals surface area (Å²) >= 11 is 0. The molecule has 0 aromatic heterocycles. The third kappa shape index (κ3) is 2.77. The molecule has 2 aliphatic rings. The van der Waals surface area contributed by atoms with E-state index in [1.165, 1.54) is 49.7 Å². The first kappa shape index (κ1) is 15.4. The lowest BCUT2D eigenvalue weighted by atomic mass is 9.80. The molecule has 118 valence electrons. The van der Waals surface area contributed by atoms with Crippen molar-refractivity contribution in [2.24, 2.45) is 0 Å². The highest BCUT2D eigenvalue weighted by Gasteiger charge is 2.45. The molecule has 0 N–H and O–H groups in total. The van der Waals surface area contributed by atoms with Crippen LogP contribution in [0.3, 0.4) is 0 Å². The molecule has 2 aromatic rings. The first-order valence-electron chi connectivity index (χ1n) is 8.60. The van der Waals surface area contributed by atoms with Crippen molar-refractivity contribution in [2.45, 2.75) is 43.3 Å². The van der Waals surface area contributed by atoms with Crippen molar-refractivity contribution in [1.29, 1.82) is 0 Å². The molecule has 0 saturated carbocycles. The fourth-order valence-electron chi connectivity index (χ4n) is 3.82. The van der Waals surface area contributed by atoms with E-state index in [-0.39, 0.29) is 4.75 Å². The van der Waals surface area contributed by atoms with Gasteiger partial charge in [0.1, 0.15) is 0 Å². The van der Waals surface area contributed by atoms with Crippen LogP contribution >= 0.6 is 21.6 Å². The Labute approximate surface area is 147 Å². The Balaban J connectivity index is 1.90. The van der Waals surface area contributed by atoms with E-state index in [1.807, 2.05) is 10.8 Å². The van der Waals surface area contributed by atoms with E-state index >= 15 is 0 Å². The van der Waals surface area contributed by atoms with Gasteiger partial charge >= 0.3 is 0 Å². The highest BCUT2D eigenvalue weighted by Crippen LogP contribution is 2.64. The van der Waals surface area contributed by atoms with E-state index in [0.717, 1.165) is 0 Å². The number of rotatable bonds is 2. The Hall–Kier alpha value is -1.12. The molecule has 0 spiro atoms. The smallest absolute Gasteiger partial charge is 0.0681 e. The summed E-state index contributed by atoms with van der Waals surface area (Å²) in [5, 5.41) is 0. The van der Waals surface area contributed by atoms with Crippen LogP contribution in [0.5, 0.6) is 0 Å². The minimum Gasteiger partial charge on any atom is -0.0681 e. The Bertz CT molecular complexity index is 649. The van der Waals surface area contributed by atoms with Crippen molar-refractivity contribution in [3.8, 4) is 0 Å². The van der Waals surface area contributed by atoms with Crippen molar-refractivity contribution in [3.05, 3.63) is 82.3 Å². The highest BCUT2D eigenvalue weighted by atomic mass is 33.1. The van der Waals surface area contributed by atoms with Crippen molar-refractivity contribution >= 4 is 21.6 Å². The molecule has 2 aromatic carbocycles. The van der Waals surface area contributed by atoms with Gasteiger partial charge in [0.2, 0.25) is 0 Å². The second kappa shape index (κ2) is 6.78. The van der Waals surface area contributed by atoms with Gasteiger partial charge in [0.25, 0.3) is 0 Å². The average Bonchev–Trinajstić information content (AvgIpc) is 2.95. The summed E-state index contributed by atoms with van der Waals surface area (Å²) in [5.41, 5.74) is 4.56. The summed E-state index contributed by atoms with van der Waals surface area (Å²) in [4.78, 5) is 1.66. The van der Waals surface area contributed by atoms with Crippen LogP contribution in [0, 0.1) is 0 Å². The van der Waals surface area contributed by atoms with Crippen LogP contribution in [-0.2, 0) is 4.75 Å². The van der Waals surface area contributed by atoms with Crippen molar-refractivity contribution in [2.75, 3.05) is 0 Å². The molecule has 0 fully saturated rings. The van der Waals surface area contributed by atoms with Gasteiger partial charge in [-0.1, -0.05) is 95.1 Å². The summed E-state index contributed by atoms with van der Waals surface area (Å²) < 4.78 is 0.0138. The third-order valence-electron chi connectivity index (χ3n) is 4.97. The van der Waals surface area contributed by atoms with Crippen LogP contribution in [-0.4, -0.2) is 0 Å². The second-order valence-corrected chi connectivity index (χ2v) is 8.83. The summed E-state index contributed by atoms with van der Waals surface area (Å²) in [6, 6.07) is 22.3. The normalized spacial score (nSPS) is 20.7. The molecule has 1 aliphatic heterocycles. The Morgan fingerprint density at radius 2 is 1.22 bits per heavy atom. The van der Waals surface area contributed by atoms with Gasteiger partial charge in [0, 0.05) is 0 Å². The standard InChI is InChI=1S/C21H22S2/c1-2-10-16-20-19(15-9-1)21(23-22-20,17-11-5-3-6-12-17)18-13-7-4-8-14-18/h3-8,11-14H,1-2,9-10,15-16H2. The summed E-state index contributed by atoms with van der Waals surface area (Å²) in [6.07, 6.45) is 7.98. The number of hydrogen-bond donors (Lipinski definition) is 0. The number of hydrogen-bond acceptors (Lipinski definition) is 2. The lowest BCUT2D eigenvalue weighted by Gasteiger charge is -2.33. The Morgan fingerprint density at radius 1 is 0.652 bits per heavy atom. The van der Waals surface area contributed by atoms with Crippen LogP contribution in [0.25, 0.3) is 0 Å². The van der Waals surface area contributed by atoms with Crippen LogP contribution in [0.1, 0.15) is 49.7 Å². The molecular weight excluding hydrogens is 316 g/mol. The summed E-state index contributed by atoms with van der Waals surface area (Å²) in [5.74, 6) is 0. The number of allylic oxidation sites excluding steroid dienone is 1. The van der Waals surface area contributed by atoms with Crippen LogP contribution in [0.2, 0.25) is 0 Å². The highest BCUT2D eigenvalue weighted by molar-refractivity contribution is 8.79. The molecule has 2 heteroatoms. The van der Waals surface area contributed by atoms with E-state index in [2.05, 4.69) is 71.5 Å². The predicted octanol–water partition coefficient (Wildman–Crippen LogP) is 6.93. The van der Waals surface area contributed by atoms with Gasteiger partial charge in [-0.3, -0.25) is 0 Å². The van der Waals surface area contributed by atoms with E-state index in [1.54, 1.807) is 10.5 Å². The van der Waals surface area contributed by atoms with Crippen molar-refractivity contribution in [1.82, 2.24) is 0 Å². The largest absolute Gasteiger partial charge is 0.0984 e. The fraction of sp³-hybridized carbons (Fsp3) is 0.333. The van der Waals surface area contributed by atoms with Gasteiger partial charge in [-0.25, -0.2) is 0 Å². The fourth-order valence-corrected chi connectivity index (χ4v) is 7.59. The second-order valence-electron chi connectivity index (χ2n) is 6.40. The van der Waals surface area contributed by atoms with E-state index in [9.17, 15) is 0 Å². The molecule has 0 atom stereocenters. The third-order valence-corrected chi connectivity index (χ3v) is 8.28. The first-order valence-corrected chi connectivity index (χ1v) is 10.8. The lowest BCUT2D eigenvalue weighted by molar-refractivity contribution is 0.602. The molecule has 0 amide bonds. The van der Waals surface area contributed by atoms with Crippen molar-refractivity contribution < 1.29 is 0 Å². The maximum atomic E-state index is 2.31. The summed E-state index contributed by atoms with van der Waals surface area (Å²) in [7, 11) is 4.10. The van der Waals surface area contributed by atoms with E-state index in [4.69, 9.17) is 0 Å². The predicted molar refractivity (Wildman–Crippen MR) is 104 cm³/mol. The van der Waals surface area contributed by atoms with Gasteiger partial charge in [-0.15, -0.1) is 0 Å². The zero-order valence-corrected chi connectivity index (χ0v) is 15.0. The zero-order valence-electron chi connectivity index (χ0n) is 13.3. The van der Waals surface area contributed by atoms with Gasteiger partial charge in [-0.05, 0) is 47.3 Å². The Kier molecular flexibility index (Phi) is 4.54. The maximum absolute atomic E-state index is 2.31. The van der Waals surface area contributed by atoms with Gasteiger partial charge in [0.05, 0.1) is 4.75 Å². The van der Waals surface area contributed by atoms with Crippen LogP contribution in [0.4, 0.5) is 0 Å². The summed E-state index contributed by atoms with van der Waals surface area (Å²) in [6.45, 7) is 0. The SMILES string of the molecule is c1ccc(C2(c3ccccc3)SSC3=C2CCCCCC3)cc1. The number of benzene rings is 2. The van der Waals surface area contributed by atoms with E-state index < -0.39 is 0 Å². The molecule has 23 heavy (non-hydrogen) atoms. The lowest BCUT2D eigenvalue weighted by Crippen LogP contribution is -2.24. The van der Waals surface area contributed by atoms with Crippen molar-refractivity contribution in [3.63, 3.8) is 0 Å². The minimum absolute atomic E-state index is 0.0138.